The molecule has 1 heterocycles. The Hall–Kier alpha value is -0.920. The third kappa shape index (κ3) is 2.42. The highest BCUT2D eigenvalue weighted by Gasteiger charge is 2.24. The van der Waals surface area contributed by atoms with Crippen molar-refractivity contribution in [2.75, 3.05) is 13.1 Å². The topological polar surface area (TPSA) is 74.7 Å². The smallest absolute Gasteiger partial charge is 0.336 e. The molecule has 1 N–H and O–H groups in total. The molecule has 16 heavy (non-hydrogen) atoms. The maximum absolute atomic E-state index is 12.0. The minimum atomic E-state index is -3.53. The van der Waals surface area contributed by atoms with Gasteiger partial charge in [-0.15, -0.1) is 11.3 Å². The van der Waals surface area contributed by atoms with Crippen molar-refractivity contribution in [2.45, 2.75) is 18.1 Å². The van der Waals surface area contributed by atoms with Gasteiger partial charge < -0.3 is 5.11 Å². The van der Waals surface area contributed by atoms with Gasteiger partial charge in [-0.05, 0) is 6.07 Å². The lowest BCUT2D eigenvalue weighted by Crippen LogP contribution is -2.30. The zero-order valence-electron chi connectivity index (χ0n) is 9.00. The van der Waals surface area contributed by atoms with E-state index in [1.54, 1.807) is 13.8 Å². The lowest BCUT2D eigenvalue weighted by molar-refractivity contribution is 0.0697. The summed E-state index contributed by atoms with van der Waals surface area (Å²) in [6.45, 7) is 4.23. The summed E-state index contributed by atoms with van der Waals surface area (Å²) < 4.78 is 25.3. The SMILES string of the molecule is CCN(CC)S(=O)(=O)c1cc(C(=O)O)cs1. The van der Waals surface area contributed by atoms with E-state index in [0.29, 0.717) is 13.1 Å². The van der Waals surface area contributed by atoms with Crippen LogP contribution >= 0.6 is 11.3 Å². The molecule has 0 atom stereocenters. The Morgan fingerprint density at radius 3 is 2.38 bits per heavy atom. The lowest BCUT2D eigenvalue weighted by Gasteiger charge is -2.16. The largest absolute Gasteiger partial charge is 0.478 e. The van der Waals surface area contributed by atoms with Crippen molar-refractivity contribution in [1.29, 1.82) is 0 Å². The maximum atomic E-state index is 12.0. The van der Waals surface area contributed by atoms with Gasteiger partial charge in [-0.25, -0.2) is 13.2 Å². The Kier molecular flexibility index (Phi) is 4.06. The molecule has 0 aliphatic carbocycles. The van der Waals surface area contributed by atoms with Gasteiger partial charge in [0, 0.05) is 18.5 Å². The van der Waals surface area contributed by atoms with Gasteiger partial charge in [0.15, 0.2) is 0 Å². The van der Waals surface area contributed by atoms with Gasteiger partial charge in [0.25, 0.3) is 10.0 Å². The normalized spacial score (nSPS) is 11.9. The number of rotatable bonds is 5. The van der Waals surface area contributed by atoms with Crippen LogP contribution in [0.15, 0.2) is 15.7 Å². The number of carbonyl (C=O) groups is 1. The summed E-state index contributed by atoms with van der Waals surface area (Å²) in [5.41, 5.74) is 0.00994. The summed E-state index contributed by atoms with van der Waals surface area (Å²) in [7, 11) is -3.53. The third-order valence-electron chi connectivity index (χ3n) is 2.12. The van der Waals surface area contributed by atoms with Crippen LogP contribution in [0.1, 0.15) is 24.2 Å². The van der Waals surface area contributed by atoms with Crippen molar-refractivity contribution >= 4 is 27.3 Å². The number of hydrogen-bond donors (Lipinski definition) is 1. The van der Waals surface area contributed by atoms with Crippen LogP contribution in [0.4, 0.5) is 0 Å². The number of carboxylic acids is 1. The van der Waals surface area contributed by atoms with Gasteiger partial charge in [0.1, 0.15) is 4.21 Å². The molecule has 0 radical (unpaired) electrons. The first-order valence-corrected chi connectivity index (χ1v) is 7.07. The van der Waals surface area contributed by atoms with Crippen LogP contribution in [0.2, 0.25) is 0 Å². The van der Waals surface area contributed by atoms with Gasteiger partial charge >= 0.3 is 5.97 Å². The zero-order chi connectivity index (χ0) is 12.3. The number of carboxylic acid groups (broad SMARTS) is 1. The molecule has 7 heteroatoms. The average molecular weight is 263 g/mol. The molecule has 0 saturated heterocycles. The van der Waals surface area contributed by atoms with E-state index < -0.39 is 16.0 Å². The number of aromatic carboxylic acids is 1. The molecule has 90 valence electrons. The summed E-state index contributed by atoms with van der Waals surface area (Å²) in [6, 6.07) is 1.20. The molecular formula is C9H13NO4S2. The first kappa shape index (κ1) is 13.1. The summed E-state index contributed by atoms with van der Waals surface area (Å²) >= 11 is 0.933. The van der Waals surface area contributed by atoms with Crippen LogP contribution < -0.4 is 0 Å². The molecule has 1 rings (SSSR count). The van der Waals surface area contributed by atoms with E-state index in [-0.39, 0.29) is 9.77 Å². The Morgan fingerprint density at radius 2 is 2.00 bits per heavy atom. The first-order valence-electron chi connectivity index (χ1n) is 4.75. The van der Waals surface area contributed by atoms with Gasteiger partial charge in [0.2, 0.25) is 0 Å². The van der Waals surface area contributed by atoms with Gasteiger partial charge in [0.05, 0.1) is 5.56 Å². The minimum absolute atomic E-state index is 0.00994. The Labute approximate surface area is 98.4 Å². The predicted molar refractivity (Wildman–Crippen MR) is 61.4 cm³/mol. The molecule has 0 fully saturated rings. The fraction of sp³-hybridized carbons (Fsp3) is 0.444. The summed E-state index contributed by atoms with van der Waals surface area (Å²) in [6.07, 6.45) is 0. The van der Waals surface area contributed by atoms with Crippen molar-refractivity contribution in [2.24, 2.45) is 0 Å². The number of hydrogen-bond acceptors (Lipinski definition) is 4. The number of nitrogens with zero attached hydrogens (tertiary/aromatic N) is 1. The van der Waals surface area contributed by atoms with Crippen LogP contribution in [-0.4, -0.2) is 36.9 Å². The van der Waals surface area contributed by atoms with Crippen LogP contribution in [0, 0.1) is 0 Å². The van der Waals surface area contributed by atoms with E-state index in [4.69, 9.17) is 5.11 Å². The zero-order valence-corrected chi connectivity index (χ0v) is 10.6. The molecule has 0 aliphatic rings. The Morgan fingerprint density at radius 1 is 1.44 bits per heavy atom. The van der Waals surface area contributed by atoms with E-state index in [1.165, 1.54) is 15.8 Å². The maximum Gasteiger partial charge on any atom is 0.336 e. The van der Waals surface area contributed by atoms with E-state index >= 15 is 0 Å². The van der Waals surface area contributed by atoms with Crippen molar-refractivity contribution in [1.82, 2.24) is 4.31 Å². The highest BCUT2D eigenvalue weighted by Crippen LogP contribution is 2.23. The molecule has 0 amide bonds. The van der Waals surface area contributed by atoms with Crippen molar-refractivity contribution in [3.05, 3.63) is 17.0 Å². The molecular weight excluding hydrogens is 250 g/mol. The molecule has 0 bridgehead atoms. The predicted octanol–water partition coefficient (Wildman–Crippen LogP) is 1.48. The molecule has 0 aromatic carbocycles. The second-order valence-electron chi connectivity index (χ2n) is 3.05. The van der Waals surface area contributed by atoms with Crippen molar-refractivity contribution in [3.8, 4) is 0 Å². The van der Waals surface area contributed by atoms with Crippen molar-refractivity contribution in [3.63, 3.8) is 0 Å². The summed E-state index contributed by atoms with van der Waals surface area (Å²) in [5.74, 6) is -1.11. The fourth-order valence-electron chi connectivity index (χ4n) is 1.25. The van der Waals surface area contributed by atoms with Crippen molar-refractivity contribution < 1.29 is 18.3 Å². The molecule has 0 unspecified atom stereocenters. The molecule has 5 nitrogen and oxygen atoms in total. The van der Waals surface area contributed by atoms with Gasteiger partial charge in [-0.3, -0.25) is 0 Å². The van der Waals surface area contributed by atoms with E-state index in [1.807, 2.05) is 0 Å². The second-order valence-corrected chi connectivity index (χ2v) is 6.12. The van der Waals surface area contributed by atoms with E-state index in [2.05, 4.69) is 0 Å². The van der Waals surface area contributed by atoms with Gasteiger partial charge in [-0.1, -0.05) is 13.8 Å². The van der Waals surface area contributed by atoms with Crippen LogP contribution in [-0.2, 0) is 10.0 Å². The minimum Gasteiger partial charge on any atom is -0.478 e. The molecule has 1 aromatic heterocycles. The summed E-state index contributed by atoms with van der Waals surface area (Å²) in [5, 5.41) is 10.0. The highest BCUT2D eigenvalue weighted by atomic mass is 32.2. The van der Waals surface area contributed by atoms with Crippen LogP contribution in [0.5, 0.6) is 0 Å². The molecule has 0 aliphatic heterocycles. The first-order chi connectivity index (χ1) is 7.43. The standard InChI is InChI=1S/C9H13NO4S2/c1-3-10(4-2)16(13,14)8-5-7(6-15-8)9(11)12/h5-6H,3-4H2,1-2H3,(H,11,12). The third-order valence-corrected chi connectivity index (χ3v) is 5.59. The van der Waals surface area contributed by atoms with Gasteiger partial charge in [-0.2, -0.15) is 4.31 Å². The number of thiophene rings is 1. The Balaban J connectivity index is 3.12. The quantitative estimate of drug-likeness (QED) is 0.873. The van der Waals surface area contributed by atoms with Crippen LogP contribution in [0.25, 0.3) is 0 Å². The Bertz CT molecular complexity index is 473. The molecule has 0 saturated carbocycles. The van der Waals surface area contributed by atoms with E-state index in [9.17, 15) is 13.2 Å². The number of sulfonamides is 1. The average Bonchev–Trinajstić information content (AvgIpc) is 2.68. The lowest BCUT2D eigenvalue weighted by atomic mass is 10.4. The monoisotopic (exact) mass is 263 g/mol. The summed E-state index contributed by atoms with van der Waals surface area (Å²) in [4.78, 5) is 10.6. The second kappa shape index (κ2) is 4.94. The van der Waals surface area contributed by atoms with E-state index in [0.717, 1.165) is 11.3 Å². The van der Waals surface area contributed by atoms with Crippen LogP contribution in [0.3, 0.4) is 0 Å². The highest BCUT2D eigenvalue weighted by molar-refractivity contribution is 7.91. The fourth-order valence-corrected chi connectivity index (χ4v) is 4.02. The molecule has 1 aromatic rings. The molecule has 0 spiro atoms.